The third-order valence-corrected chi connectivity index (χ3v) is 5.17. The van der Waals surface area contributed by atoms with E-state index in [2.05, 4.69) is 6.92 Å². The molecule has 0 saturated carbocycles. The number of amides is 2. The molecule has 2 aliphatic heterocycles. The molecule has 3 rings (SSSR count). The fraction of sp³-hybridized carbons (Fsp3) is 0.526. The van der Waals surface area contributed by atoms with Crippen molar-refractivity contribution in [2.24, 2.45) is 11.8 Å². The van der Waals surface area contributed by atoms with Gasteiger partial charge in [0.05, 0.1) is 24.3 Å². The van der Waals surface area contributed by atoms with Crippen molar-refractivity contribution in [3.05, 3.63) is 29.8 Å². The van der Waals surface area contributed by atoms with Crippen LogP contribution < -0.4 is 4.90 Å². The van der Waals surface area contributed by atoms with Gasteiger partial charge < -0.3 is 14.5 Å². The summed E-state index contributed by atoms with van der Waals surface area (Å²) >= 11 is 0. The second-order valence-corrected chi connectivity index (χ2v) is 6.92. The second kappa shape index (κ2) is 7.25. The van der Waals surface area contributed by atoms with Crippen molar-refractivity contribution in [2.75, 3.05) is 31.6 Å². The minimum atomic E-state index is -0.483. The van der Waals surface area contributed by atoms with Gasteiger partial charge in [0.25, 0.3) is 0 Å². The van der Waals surface area contributed by atoms with Crippen LogP contribution in [-0.2, 0) is 14.3 Å². The number of hydrogen-bond donors (Lipinski definition) is 0. The Morgan fingerprint density at radius 2 is 1.84 bits per heavy atom. The lowest BCUT2D eigenvalue weighted by Gasteiger charge is -2.32. The molecule has 6 nitrogen and oxygen atoms in total. The van der Waals surface area contributed by atoms with Gasteiger partial charge in [-0.3, -0.25) is 9.59 Å². The molecule has 0 bridgehead atoms. The third-order valence-electron chi connectivity index (χ3n) is 5.17. The first-order chi connectivity index (χ1) is 12.0. The van der Waals surface area contributed by atoms with Crippen LogP contribution >= 0.6 is 0 Å². The van der Waals surface area contributed by atoms with Crippen molar-refractivity contribution in [1.29, 1.82) is 0 Å². The van der Waals surface area contributed by atoms with Gasteiger partial charge in [0, 0.05) is 26.1 Å². The molecule has 2 heterocycles. The molecule has 1 aromatic rings. The van der Waals surface area contributed by atoms with Crippen molar-refractivity contribution < 1.29 is 19.1 Å². The lowest BCUT2D eigenvalue weighted by Crippen LogP contribution is -2.42. The van der Waals surface area contributed by atoms with Crippen LogP contribution in [0.5, 0.6) is 0 Å². The Morgan fingerprint density at radius 1 is 1.16 bits per heavy atom. The molecule has 1 unspecified atom stereocenters. The van der Waals surface area contributed by atoms with Crippen LogP contribution in [0.15, 0.2) is 24.3 Å². The summed E-state index contributed by atoms with van der Waals surface area (Å²) in [6.07, 6.45) is 2.23. The third kappa shape index (κ3) is 3.52. The van der Waals surface area contributed by atoms with Gasteiger partial charge in [0.15, 0.2) is 0 Å². The number of likely N-dealkylation sites (tertiary alicyclic amines) is 1. The summed E-state index contributed by atoms with van der Waals surface area (Å²) in [4.78, 5) is 40.6. The molecule has 1 aromatic carbocycles. The fourth-order valence-electron chi connectivity index (χ4n) is 3.58. The fourth-order valence-corrected chi connectivity index (χ4v) is 3.58. The minimum absolute atomic E-state index is 0.0540. The van der Waals surface area contributed by atoms with E-state index in [1.807, 2.05) is 4.90 Å². The van der Waals surface area contributed by atoms with E-state index < -0.39 is 5.97 Å². The number of ether oxygens (including phenoxy) is 1. The van der Waals surface area contributed by atoms with Crippen LogP contribution in [0.1, 0.15) is 36.5 Å². The van der Waals surface area contributed by atoms with Crippen LogP contribution in [0.2, 0.25) is 0 Å². The number of methoxy groups -OCH3 is 1. The molecule has 0 aromatic heterocycles. The van der Waals surface area contributed by atoms with Crippen molar-refractivity contribution >= 4 is 23.5 Å². The normalized spacial score (nSPS) is 21.5. The average Bonchev–Trinajstić information content (AvgIpc) is 3.02. The number of para-hydroxylation sites is 1. The standard InChI is InChI=1S/C19H24N2O4/c1-13-7-9-20(10-8-13)18(23)14-11-17(22)21(12-14)16-6-4-3-5-15(16)19(24)25-2/h3-6,13-14H,7-12H2,1-2H3. The number of hydrogen-bond acceptors (Lipinski definition) is 4. The number of carbonyl (C=O) groups is 3. The number of esters is 1. The highest BCUT2D eigenvalue weighted by Gasteiger charge is 2.38. The molecule has 0 aliphatic carbocycles. The van der Waals surface area contributed by atoms with Crippen LogP contribution in [0.4, 0.5) is 5.69 Å². The van der Waals surface area contributed by atoms with Gasteiger partial charge in [-0.15, -0.1) is 0 Å². The topological polar surface area (TPSA) is 66.9 Å². The van der Waals surface area contributed by atoms with E-state index in [4.69, 9.17) is 4.74 Å². The summed E-state index contributed by atoms with van der Waals surface area (Å²) in [5.74, 6) is -0.245. The predicted molar refractivity (Wildman–Crippen MR) is 93.2 cm³/mol. The highest BCUT2D eigenvalue weighted by Crippen LogP contribution is 2.30. The summed E-state index contributed by atoms with van der Waals surface area (Å²) in [5.41, 5.74) is 0.861. The predicted octanol–water partition coefficient (Wildman–Crippen LogP) is 2.08. The molecule has 0 N–H and O–H groups in total. The van der Waals surface area contributed by atoms with Crippen LogP contribution in [0.25, 0.3) is 0 Å². The lowest BCUT2D eigenvalue weighted by atomic mass is 9.97. The molecule has 2 fully saturated rings. The SMILES string of the molecule is COC(=O)c1ccccc1N1CC(C(=O)N2CCC(C)CC2)CC1=O. The summed E-state index contributed by atoms with van der Waals surface area (Å²) in [6.45, 7) is 4.05. The number of piperidine rings is 1. The van der Waals surface area contributed by atoms with E-state index >= 15 is 0 Å². The zero-order valence-corrected chi connectivity index (χ0v) is 14.7. The van der Waals surface area contributed by atoms with Crippen molar-refractivity contribution in [3.8, 4) is 0 Å². The Bertz CT molecular complexity index is 680. The Morgan fingerprint density at radius 3 is 2.52 bits per heavy atom. The zero-order valence-electron chi connectivity index (χ0n) is 14.7. The van der Waals surface area contributed by atoms with Crippen molar-refractivity contribution in [1.82, 2.24) is 4.90 Å². The molecule has 1 atom stereocenters. The summed E-state index contributed by atoms with van der Waals surface area (Å²) in [5, 5.41) is 0. The van der Waals surface area contributed by atoms with Gasteiger partial charge in [-0.25, -0.2) is 4.79 Å². The first-order valence-electron chi connectivity index (χ1n) is 8.77. The Kier molecular flexibility index (Phi) is 5.06. The minimum Gasteiger partial charge on any atom is -0.465 e. The van der Waals surface area contributed by atoms with Crippen LogP contribution in [0, 0.1) is 11.8 Å². The van der Waals surface area contributed by atoms with E-state index in [1.165, 1.54) is 7.11 Å². The molecule has 2 aliphatic rings. The molecule has 25 heavy (non-hydrogen) atoms. The maximum absolute atomic E-state index is 12.8. The number of benzene rings is 1. The van der Waals surface area contributed by atoms with Gasteiger partial charge >= 0.3 is 5.97 Å². The summed E-state index contributed by atoms with van der Waals surface area (Å²) in [7, 11) is 1.31. The number of rotatable bonds is 3. The molecular weight excluding hydrogens is 320 g/mol. The Balaban J connectivity index is 1.75. The van der Waals surface area contributed by atoms with E-state index in [-0.39, 0.29) is 24.2 Å². The van der Waals surface area contributed by atoms with Gasteiger partial charge in [-0.2, -0.15) is 0 Å². The number of nitrogens with zero attached hydrogens (tertiary/aromatic N) is 2. The first kappa shape index (κ1) is 17.5. The maximum atomic E-state index is 12.8. The van der Waals surface area contributed by atoms with Gasteiger partial charge in [-0.1, -0.05) is 19.1 Å². The van der Waals surface area contributed by atoms with Crippen molar-refractivity contribution in [2.45, 2.75) is 26.2 Å². The van der Waals surface area contributed by atoms with Gasteiger partial charge in [-0.05, 0) is 30.9 Å². The van der Waals surface area contributed by atoms with Crippen molar-refractivity contribution in [3.63, 3.8) is 0 Å². The molecule has 134 valence electrons. The molecule has 0 spiro atoms. The second-order valence-electron chi connectivity index (χ2n) is 6.92. The Hall–Kier alpha value is -2.37. The van der Waals surface area contributed by atoms with E-state index in [1.54, 1.807) is 29.2 Å². The molecular formula is C19H24N2O4. The molecule has 2 saturated heterocycles. The molecule has 6 heteroatoms. The average molecular weight is 344 g/mol. The zero-order chi connectivity index (χ0) is 18.0. The van der Waals surface area contributed by atoms with Crippen LogP contribution in [-0.4, -0.2) is 49.4 Å². The maximum Gasteiger partial charge on any atom is 0.339 e. The first-order valence-corrected chi connectivity index (χ1v) is 8.77. The number of carbonyl (C=O) groups excluding carboxylic acids is 3. The highest BCUT2D eigenvalue weighted by atomic mass is 16.5. The smallest absolute Gasteiger partial charge is 0.339 e. The molecule has 2 amide bonds. The number of anilines is 1. The Labute approximate surface area is 147 Å². The quantitative estimate of drug-likeness (QED) is 0.788. The summed E-state index contributed by atoms with van der Waals surface area (Å²) < 4.78 is 4.80. The molecule has 0 radical (unpaired) electrons. The largest absolute Gasteiger partial charge is 0.465 e. The van der Waals surface area contributed by atoms with E-state index in [0.717, 1.165) is 25.9 Å². The lowest BCUT2D eigenvalue weighted by molar-refractivity contribution is -0.137. The summed E-state index contributed by atoms with van der Waals surface area (Å²) in [6, 6.07) is 6.86. The highest BCUT2D eigenvalue weighted by molar-refractivity contribution is 6.05. The van der Waals surface area contributed by atoms with E-state index in [9.17, 15) is 14.4 Å². The van der Waals surface area contributed by atoms with Crippen LogP contribution in [0.3, 0.4) is 0 Å². The van der Waals surface area contributed by atoms with Gasteiger partial charge in [0.1, 0.15) is 0 Å². The monoisotopic (exact) mass is 344 g/mol. The van der Waals surface area contributed by atoms with Gasteiger partial charge in [0.2, 0.25) is 11.8 Å². The van der Waals surface area contributed by atoms with E-state index in [0.29, 0.717) is 23.7 Å².